The molecule has 1 saturated carbocycles. The minimum absolute atomic E-state index is 0.0832. The van der Waals surface area contributed by atoms with Crippen LogP contribution in [0.25, 0.3) is 0 Å². The molecular formula is C14H18Br2N2O3S. The first-order valence-corrected chi connectivity index (χ1v) is 10.2. The van der Waals surface area contributed by atoms with Gasteiger partial charge in [-0.05, 0) is 47.0 Å². The molecular weight excluding hydrogens is 436 g/mol. The van der Waals surface area contributed by atoms with Gasteiger partial charge < -0.3 is 5.32 Å². The lowest BCUT2D eigenvalue weighted by atomic mass is 10.2. The summed E-state index contributed by atoms with van der Waals surface area (Å²) in [6.45, 7) is 0.0832. The second kappa shape index (κ2) is 7.90. The van der Waals surface area contributed by atoms with Gasteiger partial charge >= 0.3 is 0 Å². The second-order valence-corrected chi connectivity index (χ2v) is 8.78. The molecule has 1 aliphatic rings. The van der Waals surface area contributed by atoms with Crippen molar-refractivity contribution in [2.24, 2.45) is 0 Å². The van der Waals surface area contributed by atoms with Crippen LogP contribution in [0.4, 0.5) is 0 Å². The molecule has 2 N–H and O–H groups in total. The van der Waals surface area contributed by atoms with Crippen molar-refractivity contribution in [3.8, 4) is 0 Å². The zero-order chi connectivity index (χ0) is 16.2. The molecule has 22 heavy (non-hydrogen) atoms. The number of sulfonamides is 1. The normalized spacial score (nSPS) is 15.9. The summed E-state index contributed by atoms with van der Waals surface area (Å²) in [5.74, 6) is -0.108. The van der Waals surface area contributed by atoms with Gasteiger partial charge in [0, 0.05) is 28.0 Å². The first kappa shape index (κ1) is 17.9. The molecule has 8 heteroatoms. The Balaban J connectivity index is 1.87. The van der Waals surface area contributed by atoms with E-state index in [4.69, 9.17) is 0 Å². The van der Waals surface area contributed by atoms with Gasteiger partial charge in [0.1, 0.15) is 0 Å². The molecule has 0 aliphatic heterocycles. The Morgan fingerprint density at radius 3 is 2.59 bits per heavy atom. The average molecular weight is 454 g/mol. The van der Waals surface area contributed by atoms with Gasteiger partial charge in [0.05, 0.1) is 4.90 Å². The van der Waals surface area contributed by atoms with E-state index in [0.29, 0.717) is 8.95 Å². The molecule has 122 valence electrons. The van der Waals surface area contributed by atoms with Crippen LogP contribution in [0.15, 0.2) is 32.0 Å². The van der Waals surface area contributed by atoms with E-state index in [1.54, 1.807) is 12.1 Å². The number of hydrogen-bond acceptors (Lipinski definition) is 3. The van der Waals surface area contributed by atoms with Gasteiger partial charge in [-0.15, -0.1) is 0 Å². The highest BCUT2D eigenvalue weighted by Gasteiger charge is 2.20. The largest absolute Gasteiger partial charge is 0.353 e. The third-order valence-corrected chi connectivity index (χ3v) is 6.50. The molecule has 0 radical (unpaired) electrons. The van der Waals surface area contributed by atoms with Gasteiger partial charge in [-0.25, -0.2) is 13.1 Å². The predicted octanol–water partition coefficient (Wildman–Crippen LogP) is 2.94. The molecule has 1 aliphatic carbocycles. The molecule has 1 aromatic carbocycles. The summed E-state index contributed by atoms with van der Waals surface area (Å²) in [6.07, 6.45) is 4.47. The maximum absolute atomic E-state index is 12.2. The van der Waals surface area contributed by atoms with Gasteiger partial charge in [0.25, 0.3) is 0 Å². The number of amides is 1. The molecule has 2 rings (SSSR count). The SMILES string of the molecule is O=C(CCNS(=O)(=O)c1cc(Br)ccc1Br)NC1CCCC1. The maximum Gasteiger partial charge on any atom is 0.241 e. The average Bonchev–Trinajstić information content (AvgIpc) is 2.94. The van der Waals surface area contributed by atoms with Crippen LogP contribution in [0.5, 0.6) is 0 Å². The molecule has 0 heterocycles. The Morgan fingerprint density at radius 1 is 1.23 bits per heavy atom. The molecule has 1 fully saturated rings. The van der Waals surface area contributed by atoms with E-state index in [-0.39, 0.29) is 29.8 Å². The quantitative estimate of drug-likeness (QED) is 0.695. The highest BCUT2D eigenvalue weighted by Crippen LogP contribution is 2.25. The highest BCUT2D eigenvalue weighted by atomic mass is 79.9. The number of carbonyl (C=O) groups excluding carboxylic acids is 1. The summed E-state index contributed by atoms with van der Waals surface area (Å²) in [4.78, 5) is 11.9. The summed E-state index contributed by atoms with van der Waals surface area (Å²) in [5, 5.41) is 2.93. The molecule has 1 aromatic rings. The van der Waals surface area contributed by atoms with Crippen molar-refractivity contribution < 1.29 is 13.2 Å². The zero-order valence-electron chi connectivity index (χ0n) is 11.9. The minimum Gasteiger partial charge on any atom is -0.353 e. The number of nitrogens with one attached hydrogen (secondary N) is 2. The molecule has 0 unspecified atom stereocenters. The van der Waals surface area contributed by atoms with Crippen LogP contribution in [-0.2, 0) is 14.8 Å². The van der Waals surface area contributed by atoms with Gasteiger partial charge in [-0.2, -0.15) is 0 Å². The smallest absolute Gasteiger partial charge is 0.241 e. The van der Waals surface area contributed by atoms with Gasteiger partial charge in [0.2, 0.25) is 15.9 Å². The first-order chi connectivity index (χ1) is 10.4. The van der Waals surface area contributed by atoms with E-state index in [0.717, 1.165) is 25.7 Å². The van der Waals surface area contributed by atoms with Crippen LogP contribution in [0.3, 0.4) is 0 Å². The number of hydrogen-bond donors (Lipinski definition) is 2. The van der Waals surface area contributed by atoms with E-state index >= 15 is 0 Å². The first-order valence-electron chi connectivity index (χ1n) is 7.12. The second-order valence-electron chi connectivity index (χ2n) is 5.27. The number of rotatable bonds is 6. The third kappa shape index (κ3) is 5.04. The molecule has 0 aromatic heterocycles. The zero-order valence-corrected chi connectivity index (χ0v) is 15.9. The molecule has 1 amide bonds. The van der Waals surface area contributed by atoms with Crippen molar-refractivity contribution in [3.05, 3.63) is 27.1 Å². The fourth-order valence-corrected chi connectivity index (χ4v) is 4.96. The molecule has 0 spiro atoms. The Hall–Kier alpha value is -0.440. The summed E-state index contributed by atoms with van der Waals surface area (Å²) >= 11 is 6.48. The molecule has 0 saturated heterocycles. The molecule has 0 atom stereocenters. The van der Waals surface area contributed by atoms with E-state index in [1.807, 2.05) is 0 Å². The van der Waals surface area contributed by atoms with E-state index in [2.05, 4.69) is 41.9 Å². The fraction of sp³-hybridized carbons (Fsp3) is 0.500. The van der Waals surface area contributed by atoms with Crippen molar-refractivity contribution >= 4 is 47.8 Å². The number of carbonyl (C=O) groups is 1. The van der Waals surface area contributed by atoms with Crippen molar-refractivity contribution in [2.75, 3.05) is 6.54 Å². The van der Waals surface area contributed by atoms with E-state index in [1.165, 1.54) is 6.07 Å². The minimum atomic E-state index is -3.64. The van der Waals surface area contributed by atoms with Crippen molar-refractivity contribution in [1.82, 2.24) is 10.0 Å². The molecule has 5 nitrogen and oxygen atoms in total. The monoisotopic (exact) mass is 452 g/mol. The Morgan fingerprint density at radius 2 is 1.91 bits per heavy atom. The Kier molecular flexibility index (Phi) is 6.43. The van der Waals surface area contributed by atoms with Gasteiger partial charge in [-0.1, -0.05) is 28.8 Å². The van der Waals surface area contributed by atoms with E-state index < -0.39 is 10.0 Å². The fourth-order valence-electron chi connectivity index (χ4n) is 2.43. The van der Waals surface area contributed by atoms with Crippen molar-refractivity contribution in [2.45, 2.75) is 43.0 Å². The Labute approximate surface area is 147 Å². The Bertz CT molecular complexity index is 643. The summed E-state index contributed by atoms with van der Waals surface area (Å²) in [6, 6.07) is 5.18. The van der Waals surface area contributed by atoms with E-state index in [9.17, 15) is 13.2 Å². The lowest BCUT2D eigenvalue weighted by molar-refractivity contribution is -0.121. The van der Waals surface area contributed by atoms with Crippen molar-refractivity contribution in [3.63, 3.8) is 0 Å². The standard InChI is InChI=1S/C14H18Br2N2O3S/c15-10-5-6-12(16)13(9-10)22(20,21)17-8-7-14(19)18-11-3-1-2-4-11/h5-6,9,11,17H,1-4,7-8H2,(H,18,19). The highest BCUT2D eigenvalue weighted by molar-refractivity contribution is 9.11. The van der Waals surface area contributed by atoms with Crippen LogP contribution >= 0.6 is 31.9 Å². The lowest BCUT2D eigenvalue weighted by Crippen LogP contribution is -2.35. The van der Waals surface area contributed by atoms with Crippen LogP contribution in [-0.4, -0.2) is 26.9 Å². The summed E-state index contributed by atoms with van der Waals surface area (Å²) < 4.78 is 28.1. The van der Waals surface area contributed by atoms with Crippen LogP contribution in [0.2, 0.25) is 0 Å². The van der Waals surface area contributed by atoms with Crippen molar-refractivity contribution in [1.29, 1.82) is 0 Å². The lowest BCUT2D eigenvalue weighted by Gasteiger charge is -2.12. The third-order valence-electron chi connectivity index (χ3n) is 3.55. The number of benzene rings is 1. The number of halogens is 2. The van der Waals surface area contributed by atoms with Gasteiger partial charge in [-0.3, -0.25) is 4.79 Å². The van der Waals surface area contributed by atoms with Crippen LogP contribution in [0.1, 0.15) is 32.1 Å². The molecule has 0 bridgehead atoms. The topological polar surface area (TPSA) is 75.3 Å². The summed E-state index contributed by atoms with van der Waals surface area (Å²) in [7, 11) is -3.64. The van der Waals surface area contributed by atoms with Crippen LogP contribution < -0.4 is 10.0 Å². The summed E-state index contributed by atoms with van der Waals surface area (Å²) in [5.41, 5.74) is 0. The van der Waals surface area contributed by atoms with Crippen LogP contribution in [0, 0.1) is 0 Å². The maximum atomic E-state index is 12.2. The predicted molar refractivity (Wildman–Crippen MR) is 92.0 cm³/mol. The van der Waals surface area contributed by atoms with Gasteiger partial charge in [0.15, 0.2) is 0 Å².